The highest BCUT2D eigenvalue weighted by molar-refractivity contribution is 5.57. The summed E-state index contributed by atoms with van der Waals surface area (Å²) in [5, 5.41) is 14.2. The molecule has 4 heterocycles. The SMILES string of the molecule is O=c1ccc(-c2ccncc2)nn1C1COCC1Nc1ccc(C(F)(F)F)nn1. The van der Waals surface area contributed by atoms with Crippen LogP contribution in [-0.2, 0) is 10.9 Å². The van der Waals surface area contributed by atoms with E-state index in [1.807, 2.05) is 0 Å². The van der Waals surface area contributed by atoms with Gasteiger partial charge in [-0.25, -0.2) is 4.68 Å². The van der Waals surface area contributed by atoms with Crippen molar-refractivity contribution in [3.05, 3.63) is 64.8 Å². The van der Waals surface area contributed by atoms with Crippen LogP contribution in [0.3, 0.4) is 0 Å². The highest BCUT2D eigenvalue weighted by Crippen LogP contribution is 2.28. The molecule has 1 fully saturated rings. The molecule has 0 saturated carbocycles. The van der Waals surface area contributed by atoms with Gasteiger partial charge in [-0.2, -0.15) is 18.3 Å². The maximum absolute atomic E-state index is 12.6. The second-order valence-corrected chi connectivity index (χ2v) is 6.39. The molecular weight excluding hydrogens is 389 g/mol. The van der Waals surface area contributed by atoms with Crippen LogP contribution in [0.25, 0.3) is 11.3 Å². The van der Waals surface area contributed by atoms with Gasteiger partial charge >= 0.3 is 6.18 Å². The van der Waals surface area contributed by atoms with E-state index in [-0.39, 0.29) is 24.6 Å². The Morgan fingerprint density at radius 2 is 1.83 bits per heavy atom. The lowest BCUT2D eigenvalue weighted by molar-refractivity contribution is -0.141. The van der Waals surface area contributed by atoms with E-state index in [4.69, 9.17) is 4.74 Å². The molecule has 1 aliphatic heterocycles. The van der Waals surface area contributed by atoms with Gasteiger partial charge < -0.3 is 10.1 Å². The number of anilines is 1. The molecule has 0 amide bonds. The fourth-order valence-corrected chi connectivity index (χ4v) is 3.01. The van der Waals surface area contributed by atoms with Gasteiger partial charge in [-0.1, -0.05) is 0 Å². The van der Waals surface area contributed by atoms with Crippen LogP contribution in [0.2, 0.25) is 0 Å². The topological polar surface area (TPSA) is 94.8 Å². The first-order chi connectivity index (χ1) is 13.9. The van der Waals surface area contributed by atoms with Crippen molar-refractivity contribution in [2.24, 2.45) is 0 Å². The third-order valence-electron chi connectivity index (χ3n) is 4.45. The average Bonchev–Trinajstić information content (AvgIpc) is 3.16. The van der Waals surface area contributed by atoms with Gasteiger partial charge in [0.05, 0.1) is 24.9 Å². The molecule has 0 aromatic carbocycles. The quantitative estimate of drug-likeness (QED) is 0.712. The minimum absolute atomic E-state index is 0.150. The average molecular weight is 404 g/mol. The summed E-state index contributed by atoms with van der Waals surface area (Å²) >= 11 is 0. The van der Waals surface area contributed by atoms with Crippen molar-refractivity contribution in [2.45, 2.75) is 18.3 Å². The molecule has 8 nitrogen and oxygen atoms in total. The Bertz CT molecular complexity index is 1040. The number of rotatable bonds is 4. The maximum Gasteiger partial charge on any atom is 0.435 e. The van der Waals surface area contributed by atoms with Crippen LogP contribution >= 0.6 is 0 Å². The molecule has 29 heavy (non-hydrogen) atoms. The number of pyridine rings is 1. The molecule has 3 aromatic heterocycles. The molecule has 0 radical (unpaired) electrons. The molecule has 0 bridgehead atoms. The molecule has 1 aliphatic rings. The molecule has 3 aromatic rings. The van der Waals surface area contributed by atoms with E-state index in [1.165, 1.54) is 16.8 Å². The first kappa shape index (κ1) is 19.0. The number of hydrogen-bond acceptors (Lipinski definition) is 7. The number of hydrogen-bond donors (Lipinski definition) is 1. The highest BCUT2D eigenvalue weighted by atomic mass is 19.4. The van der Waals surface area contributed by atoms with Gasteiger partial charge in [0.2, 0.25) is 0 Å². The summed E-state index contributed by atoms with van der Waals surface area (Å²) in [4.78, 5) is 16.4. The summed E-state index contributed by atoms with van der Waals surface area (Å²) in [5.74, 6) is 0.150. The fraction of sp³-hybridized carbons (Fsp3) is 0.278. The van der Waals surface area contributed by atoms with Crippen molar-refractivity contribution in [3.63, 3.8) is 0 Å². The van der Waals surface area contributed by atoms with Crippen LogP contribution in [0.1, 0.15) is 11.7 Å². The Hall–Kier alpha value is -3.34. The summed E-state index contributed by atoms with van der Waals surface area (Å²) in [5.41, 5.74) is -0.00780. The van der Waals surface area contributed by atoms with Gasteiger partial charge in [-0.15, -0.1) is 10.2 Å². The van der Waals surface area contributed by atoms with E-state index in [2.05, 4.69) is 25.6 Å². The molecule has 0 aliphatic carbocycles. The van der Waals surface area contributed by atoms with Crippen molar-refractivity contribution in [1.29, 1.82) is 0 Å². The van der Waals surface area contributed by atoms with E-state index in [0.29, 0.717) is 5.69 Å². The lowest BCUT2D eigenvalue weighted by atomic mass is 10.1. The zero-order chi connectivity index (χ0) is 20.4. The molecule has 1 saturated heterocycles. The van der Waals surface area contributed by atoms with Crippen LogP contribution < -0.4 is 10.9 Å². The van der Waals surface area contributed by atoms with E-state index in [1.54, 1.807) is 30.6 Å². The van der Waals surface area contributed by atoms with Crippen molar-refractivity contribution in [2.75, 3.05) is 18.5 Å². The summed E-state index contributed by atoms with van der Waals surface area (Å²) in [6, 6.07) is 7.73. The predicted octanol–water partition coefficient (Wildman–Crippen LogP) is 2.17. The normalized spacial score (nSPS) is 19.3. The molecule has 11 heteroatoms. The van der Waals surface area contributed by atoms with E-state index < -0.39 is 24.0 Å². The summed E-state index contributed by atoms with van der Waals surface area (Å²) < 4.78 is 44.7. The second-order valence-electron chi connectivity index (χ2n) is 6.39. The van der Waals surface area contributed by atoms with Crippen LogP contribution in [-0.4, -0.2) is 44.2 Å². The Kier molecular flexibility index (Phi) is 4.97. The molecule has 2 atom stereocenters. The van der Waals surface area contributed by atoms with Crippen LogP contribution in [0.15, 0.2) is 53.6 Å². The van der Waals surface area contributed by atoms with Gasteiger partial charge in [0.1, 0.15) is 11.9 Å². The molecule has 1 N–H and O–H groups in total. The number of nitrogens with zero attached hydrogens (tertiary/aromatic N) is 5. The maximum atomic E-state index is 12.6. The minimum Gasteiger partial charge on any atom is -0.377 e. The van der Waals surface area contributed by atoms with Crippen LogP contribution in [0.5, 0.6) is 0 Å². The van der Waals surface area contributed by atoms with Crippen molar-refractivity contribution >= 4 is 5.82 Å². The standard InChI is InChI=1S/C18H15F3N6O2/c19-18(20,21)15-2-3-16(25-24-15)23-13-9-29-10-14(13)27-17(28)4-1-12(26-27)11-5-7-22-8-6-11/h1-8,13-14H,9-10H2,(H,23,25). The number of aromatic nitrogens is 5. The monoisotopic (exact) mass is 404 g/mol. The summed E-state index contributed by atoms with van der Waals surface area (Å²) in [6.45, 7) is 0.458. The van der Waals surface area contributed by atoms with Gasteiger partial charge in [0.25, 0.3) is 5.56 Å². The van der Waals surface area contributed by atoms with E-state index in [0.717, 1.165) is 11.6 Å². The molecular formula is C18H15F3N6O2. The summed E-state index contributed by atoms with van der Waals surface area (Å²) in [7, 11) is 0. The molecule has 4 rings (SSSR count). The smallest absolute Gasteiger partial charge is 0.377 e. The predicted molar refractivity (Wildman–Crippen MR) is 96.0 cm³/mol. The number of alkyl halides is 3. The lowest BCUT2D eigenvalue weighted by Crippen LogP contribution is -2.37. The highest BCUT2D eigenvalue weighted by Gasteiger charge is 2.34. The van der Waals surface area contributed by atoms with Crippen LogP contribution in [0, 0.1) is 0 Å². The van der Waals surface area contributed by atoms with Gasteiger partial charge in [-0.05, 0) is 30.3 Å². The largest absolute Gasteiger partial charge is 0.435 e. The molecule has 2 unspecified atom stereocenters. The van der Waals surface area contributed by atoms with Crippen molar-refractivity contribution < 1.29 is 17.9 Å². The third-order valence-corrected chi connectivity index (χ3v) is 4.45. The first-order valence-corrected chi connectivity index (χ1v) is 8.67. The number of halogens is 3. The number of nitrogens with one attached hydrogen (secondary N) is 1. The second kappa shape index (κ2) is 7.59. The third kappa shape index (κ3) is 4.09. The Morgan fingerprint density at radius 1 is 1.03 bits per heavy atom. The Labute approximate surface area is 162 Å². The van der Waals surface area contributed by atoms with Crippen LogP contribution in [0.4, 0.5) is 19.0 Å². The van der Waals surface area contributed by atoms with Crippen molar-refractivity contribution in [1.82, 2.24) is 25.0 Å². The number of ether oxygens (including phenoxy) is 1. The lowest BCUT2D eigenvalue weighted by Gasteiger charge is -2.21. The van der Waals surface area contributed by atoms with E-state index in [9.17, 15) is 18.0 Å². The molecule has 150 valence electrons. The van der Waals surface area contributed by atoms with Gasteiger partial charge in [0, 0.05) is 24.0 Å². The Balaban J connectivity index is 1.58. The van der Waals surface area contributed by atoms with Gasteiger partial charge in [-0.3, -0.25) is 9.78 Å². The fourth-order valence-electron chi connectivity index (χ4n) is 3.01. The van der Waals surface area contributed by atoms with E-state index >= 15 is 0 Å². The first-order valence-electron chi connectivity index (χ1n) is 8.67. The zero-order valence-electron chi connectivity index (χ0n) is 14.9. The van der Waals surface area contributed by atoms with Gasteiger partial charge in [0.15, 0.2) is 5.69 Å². The zero-order valence-corrected chi connectivity index (χ0v) is 14.9. The molecule has 0 spiro atoms. The minimum atomic E-state index is -4.56. The Morgan fingerprint density at radius 3 is 2.52 bits per heavy atom. The summed E-state index contributed by atoms with van der Waals surface area (Å²) in [6.07, 6.45) is -1.31. The van der Waals surface area contributed by atoms with Crippen molar-refractivity contribution in [3.8, 4) is 11.3 Å².